The van der Waals surface area contributed by atoms with E-state index >= 15 is 0 Å². The van der Waals surface area contributed by atoms with Crippen molar-refractivity contribution in [1.29, 1.82) is 0 Å². The molecule has 0 atom stereocenters. The summed E-state index contributed by atoms with van der Waals surface area (Å²) in [5.74, 6) is -0.494. The third-order valence-corrected chi connectivity index (χ3v) is 3.05. The quantitative estimate of drug-likeness (QED) is 0.513. The molecule has 0 unspecified atom stereocenters. The van der Waals surface area contributed by atoms with E-state index in [0.717, 1.165) is 13.1 Å². The van der Waals surface area contributed by atoms with Crippen LogP contribution in [0.2, 0.25) is 0 Å². The number of ether oxygens (including phenoxy) is 1. The maximum atomic E-state index is 11.5. The second-order valence-electron chi connectivity index (χ2n) is 4.19. The number of benzene rings is 1. The lowest BCUT2D eigenvalue weighted by Crippen LogP contribution is -2.43. The maximum Gasteiger partial charge on any atom is 0.337 e. The Morgan fingerprint density at radius 2 is 2.05 bits per heavy atom. The summed E-state index contributed by atoms with van der Waals surface area (Å²) in [5, 5.41) is 14.2. The average Bonchev–Trinajstić information content (AvgIpc) is 2.46. The first-order chi connectivity index (χ1) is 9.13. The van der Waals surface area contributed by atoms with Gasteiger partial charge >= 0.3 is 5.97 Å². The van der Waals surface area contributed by atoms with Crippen LogP contribution >= 0.6 is 12.4 Å². The van der Waals surface area contributed by atoms with E-state index in [9.17, 15) is 14.9 Å². The van der Waals surface area contributed by atoms with Crippen molar-refractivity contribution in [2.45, 2.75) is 0 Å². The normalized spacial score (nSPS) is 14.3. The summed E-state index contributed by atoms with van der Waals surface area (Å²) < 4.78 is 4.64. The van der Waals surface area contributed by atoms with Crippen LogP contribution in [-0.4, -0.2) is 44.2 Å². The molecular formula is C12H16ClN3O4. The number of nitrogens with one attached hydrogen (secondary N) is 1. The van der Waals surface area contributed by atoms with Crippen molar-refractivity contribution in [3.63, 3.8) is 0 Å². The number of nitro benzene ring substituents is 1. The Balaban J connectivity index is 0.00000200. The van der Waals surface area contributed by atoms with E-state index in [4.69, 9.17) is 0 Å². The van der Waals surface area contributed by atoms with E-state index < -0.39 is 10.9 Å². The lowest BCUT2D eigenvalue weighted by molar-refractivity contribution is -0.384. The van der Waals surface area contributed by atoms with Crippen molar-refractivity contribution < 1.29 is 14.5 Å². The molecule has 110 valence electrons. The molecule has 1 aliphatic heterocycles. The van der Waals surface area contributed by atoms with Gasteiger partial charge in [0.05, 0.1) is 17.6 Å². The second-order valence-corrected chi connectivity index (χ2v) is 4.19. The number of nitrogens with zero attached hydrogens (tertiary/aromatic N) is 2. The van der Waals surface area contributed by atoms with Gasteiger partial charge in [-0.25, -0.2) is 4.79 Å². The molecule has 0 aliphatic carbocycles. The van der Waals surface area contributed by atoms with Crippen molar-refractivity contribution in [2.75, 3.05) is 38.2 Å². The number of carbonyl (C=O) groups is 1. The van der Waals surface area contributed by atoms with Crippen LogP contribution in [0.5, 0.6) is 0 Å². The second kappa shape index (κ2) is 7.06. The smallest absolute Gasteiger partial charge is 0.337 e. The van der Waals surface area contributed by atoms with Gasteiger partial charge in [0.15, 0.2) is 0 Å². The van der Waals surface area contributed by atoms with Gasteiger partial charge in [0, 0.05) is 32.2 Å². The lowest BCUT2D eigenvalue weighted by Gasteiger charge is -2.29. The van der Waals surface area contributed by atoms with E-state index in [-0.39, 0.29) is 18.1 Å². The summed E-state index contributed by atoms with van der Waals surface area (Å²) in [6.07, 6.45) is 0. The molecule has 1 aliphatic rings. The Morgan fingerprint density at radius 3 is 2.60 bits per heavy atom. The monoisotopic (exact) mass is 301 g/mol. The zero-order chi connectivity index (χ0) is 13.8. The highest BCUT2D eigenvalue weighted by Crippen LogP contribution is 2.29. The summed E-state index contributed by atoms with van der Waals surface area (Å²) in [4.78, 5) is 24.0. The SMILES string of the molecule is COC(=O)c1ccc([N+](=O)[O-])c(N2CCNCC2)c1.Cl. The van der Waals surface area contributed by atoms with Crippen LogP contribution in [0.15, 0.2) is 18.2 Å². The van der Waals surface area contributed by atoms with Gasteiger partial charge < -0.3 is 15.0 Å². The number of carbonyl (C=O) groups excluding carboxylic acids is 1. The van der Waals surface area contributed by atoms with Crippen LogP contribution in [-0.2, 0) is 4.74 Å². The van der Waals surface area contributed by atoms with Gasteiger partial charge in [-0.3, -0.25) is 10.1 Å². The minimum absolute atomic E-state index is 0. The zero-order valence-electron chi connectivity index (χ0n) is 11.0. The zero-order valence-corrected chi connectivity index (χ0v) is 11.8. The highest BCUT2D eigenvalue weighted by atomic mass is 35.5. The van der Waals surface area contributed by atoms with E-state index in [2.05, 4.69) is 10.1 Å². The van der Waals surface area contributed by atoms with Crippen LogP contribution < -0.4 is 10.2 Å². The van der Waals surface area contributed by atoms with Crippen LogP contribution in [0, 0.1) is 10.1 Å². The number of halogens is 1. The lowest BCUT2D eigenvalue weighted by atomic mass is 10.1. The van der Waals surface area contributed by atoms with Crippen LogP contribution in [0.25, 0.3) is 0 Å². The van der Waals surface area contributed by atoms with Crippen molar-refractivity contribution in [1.82, 2.24) is 5.32 Å². The molecular weight excluding hydrogens is 286 g/mol. The van der Waals surface area contributed by atoms with E-state index in [1.807, 2.05) is 4.90 Å². The molecule has 0 amide bonds. The van der Waals surface area contributed by atoms with Gasteiger partial charge in [0.1, 0.15) is 5.69 Å². The predicted molar refractivity (Wildman–Crippen MR) is 76.8 cm³/mol. The van der Waals surface area contributed by atoms with E-state index in [0.29, 0.717) is 24.3 Å². The molecule has 1 fully saturated rings. The molecule has 1 heterocycles. The first kappa shape index (κ1) is 16.2. The molecule has 8 heteroatoms. The molecule has 0 saturated carbocycles. The highest BCUT2D eigenvalue weighted by molar-refractivity contribution is 5.91. The molecule has 1 saturated heterocycles. The van der Waals surface area contributed by atoms with Crippen molar-refractivity contribution >= 4 is 29.8 Å². The van der Waals surface area contributed by atoms with Crippen molar-refractivity contribution in [3.8, 4) is 0 Å². The number of rotatable bonds is 3. The summed E-state index contributed by atoms with van der Waals surface area (Å²) in [6, 6.07) is 4.29. The number of hydrogen-bond acceptors (Lipinski definition) is 6. The van der Waals surface area contributed by atoms with Crippen LogP contribution in [0.1, 0.15) is 10.4 Å². The summed E-state index contributed by atoms with van der Waals surface area (Å²) in [6.45, 7) is 2.87. The van der Waals surface area contributed by atoms with E-state index in [1.54, 1.807) is 0 Å². The fourth-order valence-corrected chi connectivity index (χ4v) is 2.08. The first-order valence-electron chi connectivity index (χ1n) is 5.96. The molecule has 1 aromatic carbocycles. The minimum atomic E-state index is -0.494. The number of nitro groups is 1. The van der Waals surface area contributed by atoms with Gasteiger partial charge in [-0.1, -0.05) is 0 Å². The highest BCUT2D eigenvalue weighted by Gasteiger charge is 2.22. The fraction of sp³-hybridized carbons (Fsp3) is 0.417. The van der Waals surface area contributed by atoms with Crippen molar-refractivity contribution in [3.05, 3.63) is 33.9 Å². The van der Waals surface area contributed by atoms with Crippen molar-refractivity contribution in [2.24, 2.45) is 0 Å². The molecule has 1 N–H and O–H groups in total. The number of anilines is 1. The molecule has 0 spiro atoms. The van der Waals surface area contributed by atoms with Gasteiger partial charge in [0.2, 0.25) is 0 Å². The summed E-state index contributed by atoms with van der Waals surface area (Å²) in [7, 11) is 1.29. The number of methoxy groups -OCH3 is 1. The number of hydrogen-bond donors (Lipinski definition) is 1. The maximum absolute atomic E-state index is 11.5. The van der Waals surface area contributed by atoms with E-state index in [1.165, 1.54) is 25.3 Å². The Hall–Kier alpha value is -1.86. The molecule has 0 bridgehead atoms. The summed E-state index contributed by atoms with van der Waals surface area (Å²) >= 11 is 0. The molecule has 2 rings (SSSR count). The molecule has 0 radical (unpaired) electrons. The third-order valence-electron chi connectivity index (χ3n) is 3.05. The summed E-state index contributed by atoms with van der Waals surface area (Å²) in [5.41, 5.74) is 0.797. The average molecular weight is 302 g/mol. The van der Waals surface area contributed by atoms with Crippen LogP contribution in [0.4, 0.5) is 11.4 Å². The molecule has 20 heavy (non-hydrogen) atoms. The standard InChI is InChI=1S/C12H15N3O4.ClH/c1-19-12(16)9-2-3-10(15(17)18)11(8-9)14-6-4-13-5-7-14;/h2-3,8,13H,4-7H2,1H3;1H. The molecule has 0 aromatic heterocycles. The van der Waals surface area contributed by atoms with Gasteiger partial charge in [-0.15, -0.1) is 12.4 Å². The first-order valence-corrected chi connectivity index (χ1v) is 5.96. The Morgan fingerprint density at radius 1 is 1.40 bits per heavy atom. The Bertz CT molecular complexity index is 503. The van der Waals surface area contributed by atoms with Gasteiger partial charge in [0.25, 0.3) is 5.69 Å². The number of esters is 1. The number of piperazine rings is 1. The largest absolute Gasteiger partial charge is 0.465 e. The molecule has 7 nitrogen and oxygen atoms in total. The molecule has 1 aromatic rings. The van der Waals surface area contributed by atoms with Crippen LogP contribution in [0.3, 0.4) is 0 Å². The third kappa shape index (κ3) is 3.37. The van der Waals surface area contributed by atoms with Gasteiger partial charge in [-0.2, -0.15) is 0 Å². The van der Waals surface area contributed by atoms with Gasteiger partial charge in [-0.05, 0) is 12.1 Å². The minimum Gasteiger partial charge on any atom is -0.465 e. The Labute approximate surface area is 122 Å². The fourth-order valence-electron chi connectivity index (χ4n) is 2.08. The topological polar surface area (TPSA) is 84.7 Å². The predicted octanol–water partition coefficient (Wildman–Crippen LogP) is 1.21. The Kier molecular flexibility index (Phi) is 5.72.